The van der Waals surface area contributed by atoms with Gasteiger partial charge in [0.05, 0.1) is 16.8 Å². The number of imide groups is 2. The molecular formula is C16H15N3O4. The molecule has 0 unspecified atom stereocenters. The van der Waals surface area contributed by atoms with Gasteiger partial charge in [0.25, 0.3) is 17.7 Å². The van der Waals surface area contributed by atoms with Crippen molar-refractivity contribution in [3.63, 3.8) is 0 Å². The highest BCUT2D eigenvalue weighted by molar-refractivity contribution is 6.24. The molecule has 0 saturated carbocycles. The maximum Gasteiger partial charge on any atom is 0.332 e. The normalized spacial score (nSPS) is 26.5. The van der Waals surface area contributed by atoms with Crippen molar-refractivity contribution in [1.29, 1.82) is 0 Å². The number of hydrogen-bond donors (Lipinski definition) is 1. The van der Waals surface area contributed by atoms with Gasteiger partial charge in [-0.15, -0.1) is 0 Å². The summed E-state index contributed by atoms with van der Waals surface area (Å²) in [4.78, 5) is 51.3. The minimum absolute atomic E-state index is 0.200. The fourth-order valence-corrected chi connectivity index (χ4v) is 3.51. The molecule has 7 heteroatoms. The van der Waals surface area contributed by atoms with Crippen LogP contribution in [0.15, 0.2) is 18.2 Å². The van der Waals surface area contributed by atoms with Crippen LogP contribution >= 0.6 is 0 Å². The van der Waals surface area contributed by atoms with Gasteiger partial charge in [-0.25, -0.2) is 9.69 Å². The van der Waals surface area contributed by atoms with Crippen LogP contribution in [0.3, 0.4) is 0 Å². The molecule has 1 aromatic carbocycles. The lowest BCUT2D eigenvalue weighted by Crippen LogP contribution is -2.41. The molecule has 23 heavy (non-hydrogen) atoms. The molecule has 3 heterocycles. The first-order valence-electron chi connectivity index (χ1n) is 7.61. The number of fused-ring (bicyclic) bond motifs is 2. The third kappa shape index (κ3) is 1.89. The summed E-state index contributed by atoms with van der Waals surface area (Å²) in [5.41, 5.74) is 0.807. The summed E-state index contributed by atoms with van der Waals surface area (Å²) >= 11 is 0. The van der Waals surface area contributed by atoms with Gasteiger partial charge in [0.2, 0.25) is 0 Å². The van der Waals surface area contributed by atoms with Crippen LogP contribution in [0.4, 0.5) is 10.5 Å². The molecule has 2 saturated heterocycles. The summed E-state index contributed by atoms with van der Waals surface area (Å²) in [7, 11) is 0. The van der Waals surface area contributed by atoms with Gasteiger partial charge in [-0.2, -0.15) is 0 Å². The molecule has 4 rings (SSSR count). The van der Waals surface area contributed by atoms with Crippen molar-refractivity contribution in [2.45, 2.75) is 25.8 Å². The topological polar surface area (TPSA) is 86.8 Å². The number of urea groups is 1. The summed E-state index contributed by atoms with van der Waals surface area (Å²) in [6.45, 7) is 2.64. The first-order chi connectivity index (χ1) is 11.0. The number of piperidine rings is 1. The van der Waals surface area contributed by atoms with Gasteiger partial charge < -0.3 is 4.90 Å². The van der Waals surface area contributed by atoms with Crippen LogP contribution in [0.25, 0.3) is 0 Å². The third-order valence-corrected chi connectivity index (χ3v) is 4.78. The minimum atomic E-state index is -0.503. The Morgan fingerprint density at radius 2 is 1.83 bits per heavy atom. The quantitative estimate of drug-likeness (QED) is 0.622. The number of benzene rings is 1. The second-order valence-electron chi connectivity index (χ2n) is 6.31. The van der Waals surface area contributed by atoms with Crippen molar-refractivity contribution in [3.8, 4) is 0 Å². The van der Waals surface area contributed by atoms with E-state index in [-0.39, 0.29) is 23.1 Å². The highest BCUT2D eigenvalue weighted by Crippen LogP contribution is 2.34. The lowest BCUT2D eigenvalue weighted by atomic mass is 9.93. The number of hydrogen-bond acceptors (Lipinski definition) is 4. The SMILES string of the molecule is C[C@@H]1CCN2C(=O)N(c3ccc4c(c3)C(=O)NC4=O)C(=O)[C@H]2C1. The maximum absolute atomic E-state index is 12.6. The van der Waals surface area contributed by atoms with Crippen LogP contribution in [0.2, 0.25) is 0 Å². The maximum atomic E-state index is 12.6. The Labute approximate surface area is 132 Å². The van der Waals surface area contributed by atoms with Crippen LogP contribution in [-0.2, 0) is 4.79 Å². The summed E-state index contributed by atoms with van der Waals surface area (Å²) in [6.07, 6.45) is 1.54. The summed E-state index contributed by atoms with van der Waals surface area (Å²) < 4.78 is 0. The van der Waals surface area contributed by atoms with Crippen LogP contribution in [0, 0.1) is 5.92 Å². The van der Waals surface area contributed by atoms with E-state index in [9.17, 15) is 19.2 Å². The van der Waals surface area contributed by atoms with Crippen LogP contribution in [-0.4, -0.2) is 41.2 Å². The predicted molar refractivity (Wildman–Crippen MR) is 80.0 cm³/mol. The Hall–Kier alpha value is -2.70. The largest absolute Gasteiger partial charge is 0.332 e. The first kappa shape index (κ1) is 13.9. The van der Waals surface area contributed by atoms with Gasteiger partial charge in [0, 0.05) is 6.54 Å². The fraction of sp³-hybridized carbons (Fsp3) is 0.375. The highest BCUT2D eigenvalue weighted by atomic mass is 16.2. The lowest BCUT2D eigenvalue weighted by molar-refractivity contribution is -0.120. The van der Waals surface area contributed by atoms with Gasteiger partial charge >= 0.3 is 6.03 Å². The van der Waals surface area contributed by atoms with Crippen LogP contribution < -0.4 is 10.2 Å². The number of carbonyl (C=O) groups excluding carboxylic acids is 4. The van der Waals surface area contributed by atoms with Gasteiger partial charge in [-0.05, 0) is 37.0 Å². The average molecular weight is 313 g/mol. The van der Waals surface area contributed by atoms with E-state index >= 15 is 0 Å². The van der Waals surface area contributed by atoms with E-state index in [0.29, 0.717) is 24.6 Å². The zero-order valence-electron chi connectivity index (χ0n) is 12.5. The van der Waals surface area contributed by atoms with Crippen LogP contribution in [0.5, 0.6) is 0 Å². The first-order valence-corrected chi connectivity index (χ1v) is 7.61. The average Bonchev–Trinajstić information content (AvgIpc) is 2.94. The second kappa shape index (κ2) is 4.65. The van der Waals surface area contributed by atoms with Gasteiger partial charge in [0.15, 0.2) is 0 Å². The number of rotatable bonds is 1. The summed E-state index contributed by atoms with van der Waals surface area (Å²) in [6, 6.07) is 3.68. The van der Waals surface area contributed by atoms with E-state index in [0.717, 1.165) is 11.3 Å². The number of nitrogens with zero attached hydrogens (tertiary/aromatic N) is 2. The standard InChI is InChI=1S/C16H15N3O4/c1-8-4-5-18-12(6-8)15(22)19(16(18)23)9-2-3-10-11(7-9)14(21)17-13(10)20/h2-3,7-8,12H,4-6H2,1H3,(H,17,20,21)/t8-,12-/m1/s1. The second-order valence-corrected chi connectivity index (χ2v) is 6.31. The molecule has 7 nitrogen and oxygen atoms in total. The zero-order chi connectivity index (χ0) is 16.3. The number of nitrogens with one attached hydrogen (secondary N) is 1. The Morgan fingerprint density at radius 1 is 1.09 bits per heavy atom. The molecule has 0 bridgehead atoms. The number of carbonyl (C=O) groups is 4. The summed E-state index contributed by atoms with van der Waals surface area (Å²) in [5, 5.41) is 2.20. The number of anilines is 1. The van der Waals surface area contributed by atoms with E-state index in [1.807, 2.05) is 0 Å². The Morgan fingerprint density at radius 3 is 2.61 bits per heavy atom. The van der Waals surface area contributed by atoms with Crippen molar-refractivity contribution in [2.75, 3.05) is 11.4 Å². The monoisotopic (exact) mass is 313 g/mol. The van der Waals surface area contributed by atoms with E-state index < -0.39 is 17.9 Å². The van der Waals surface area contributed by atoms with Crippen molar-refractivity contribution in [1.82, 2.24) is 10.2 Å². The fourth-order valence-electron chi connectivity index (χ4n) is 3.51. The molecule has 0 spiro atoms. The highest BCUT2D eigenvalue weighted by Gasteiger charge is 2.48. The van der Waals surface area contributed by atoms with Gasteiger partial charge in [-0.1, -0.05) is 6.92 Å². The van der Waals surface area contributed by atoms with E-state index in [1.165, 1.54) is 18.2 Å². The van der Waals surface area contributed by atoms with Crippen molar-refractivity contribution < 1.29 is 19.2 Å². The lowest BCUT2D eigenvalue weighted by Gasteiger charge is -2.30. The Bertz CT molecular complexity index is 773. The molecule has 5 amide bonds. The Kier molecular flexibility index (Phi) is 2.81. The smallest absolute Gasteiger partial charge is 0.312 e. The molecule has 0 aromatic heterocycles. The van der Waals surface area contributed by atoms with Gasteiger partial charge in [-0.3, -0.25) is 19.7 Å². The Balaban J connectivity index is 1.73. The van der Waals surface area contributed by atoms with E-state index in [1.54, 1.807) is 4.90 Å². The molecule has 3 aliphatic rings. The molecule has 0 aliphatic carbocycles. The zero-order valence-corrected chi connectivity index (χ0v) is 12.5. The van der Waals surface area contributed by atoms with Gasteiger partial charge in [0.1, 0.15) is 6.04 Å². The molecule has 118 valence electrons. The van der Waals surface area contributed by atoms with E-state index in [2.05, 4.69) is 12.2 Å². The molecule has 0 radical (unpaired) electrons. The molecule has 2 fully saturated rings. The minimum Gasteiger partial charge on any atom is -0.312 e. The molecular weight excluding hydrogens is 298 g/mol. The molecule has 3 aliphatic heterocycles. The number of amides is 5. The van der Waals surface area contributed by atoms with Crippen LogP contribution in [0.1, 0.15) is 40.5 Å². The summed E-state index contributed by atoms with van der Waals surface area (Å²) in [5.74, 6) is -0.818. The van der Waals surface area contributed by atoms with Crippen molar-refractivity contribution in [3.05, 3.63) is 29.3 Å². The van der Waals surface area contributed by atoms with E-state index in [4.69, 9.17) is 0 Å². The molecule has 1 aromatic rings. The molecule has 1 N–H and O–H groups in total. The molecule has 2 atom stereocenters. The third-order valence-electron chi connectivity index (χ3n) is 4.78. The predicted octanol–water partition coefficient (Wildman–Crippen LogP) is 1.14. The van der Waals surface area contributed by atoms with Crippen molar-refractivity contribution >= 4 is 29.4 Å². The van der Waals surface area contributed by atoms with Crippen molar-refractivity contribution in [2.24, 2.45) is 5.92 Å².